The van der Waals surface area contributed by atoms with Crippen LogP contribution in [0.1, 0.15) is 48.5 Å². The zero-order valence-electron chi connectivity index (χ0n) is 15.4. The zero-order chi connectivity index (χ0) is 17.7. The summed E-state index contributed by atoms with van der Waals surface area (Å²) >= 11 is 0. The topological polar surface area (TPSA) is 66.6 Å². The number of nitrogens with zero attached hydrogens (tertiary/aromatic N) is 2. The number of amides is 2. The second kappa shape index (κ2) is 9.78. The number of hydrogen-bond donors (Lipinski definition) is 1. The highest BCUT2D eigenvalue weighted by molar-refractivity contribution is 5.93. The van der Waals surface area contributed by atoms with E-state index < -0.39 is 0 Å². The Morgan fingerprint density at radius 3 is 2.28 bits per heavy atom. The van der Waals surface area contributed by atoms with Gasteiger partial charge in [0.1, 0.15) is 0 Å². The van der Waals surface area contributed by atoms with Crippen molar-refractivity contribution in [3.05, 3.63) is 35.4 Å². The van der Waals surface area contributed by atoms with E-state index in [1.54, 1.807) is 19.0 Å². The molecule has 0 aromatic heterocycles. The average Bonchev–Trinajstić information content (AvgIpc) is 2.97. The van der Waals surface area contributed by atoms with Crippen LogP contribution >= 0.6 is 12.4 Å². The van der Waals surface area contributed by atoms with Crippen molar-refractivity contribution in [3.8, 4) is 0 Å². The maximum atomic E-state index is 12.6. The molecule has 0 heterocycles. The molecular weight excluding hydrogens is 338 g/mol. The lowest BCUT2D eigenvalue weighted by Crippen LogP contribution is -2.34. The first kappa shape index (κ1) is 21.5. The van der Waals surface area contributed by atoms with Crippen molar-refractivity contribution < 1.29 is 9.59 Å². The van der Waals surface area contributed by atoms with Gasteiger partial charge in [-0.3, -0.25) is 9.59 Å². The van der Waals surface area contributed by atoms with Crippen LogP contribution in [-0.2, 0) is 11.3 Å². The van der Waals surface area contributed by atoms with Crippen LogP contribution in [0.5, 0.6) is 0 Å². The van der Waals surface area contributed by atoms with Crippen molar-refractivity contribution in [2.75, 3.05) is 20.6 Å². The molecule has 0 saturated heterocycles. The fourth-order valence-corrected chi connectivity index (χ4v) is 3.28. The molecule has 1 aromatic rings. The van der Waals surface area contributed by atoms with E-state index in [1.165, 1.54) is 0 Å². The molecule has 1 aromatic carbocycles. The third kappa shape index (κ3) is 5.72. The van der Waals surface area contributed by atoms with Crippen LogP contribution in [0.3, 0.4) is 0 Å². The van der Waals surface area contributed by atoms with Gasteiger partial charge in [0, 0.05) is 45.2 Å². The predicted molar refractivity (Wildman–Crippen MR) is 103 cm³/mol. The Balaban J connectivity index is 0.00000312. The van der Waals surface area contributed by atoms with Crippen LogP contribution < -0.4 is 5.73 Å². The van der Waals surface area contributed by atoms with Crippen LogP contribution in [0.15, 0.2) is 24.3 Å². The molecule has 2 atom stereocenters. The third-order valence-electron chi connectivity index (χ3n) is 4.87. The van der Waals surface area contributed by atoms with Crippen molar-refractivity contribution in [3.63, 3.8) is 0 Å². The molecule has 0 spiro atoms. The molecule has 0 aliphatic heterocycles. The van der Waals surface area contributed by atoms with Gasteiger partial charge >= 0.3 is 0 Å². The summed E-state index contributed by atoms with van der Waals surface area (Å²) in [5.74, 6) is 0.486. The molecule has 2 N–H and O–H groups in total. The van der Waals surface area contributed by atoms with E-state index in [9.17, 15) is 9.59 Å². The molecule has 1 fully saturated rings. The Labute approximate surface area is 157 Å². The van der Waals surface area contributed by atoms with E-state index in [1.807, 2.05) is 36.1 Å². The number of hydrogen-bond acceptors (Lipinski definition) is 3. The number of carbonyl (C=O) groups excluding carboxylic acids is 2. The molecule has 2 amide bonds. The first-order chi connectivity index (χ1) is 11.4. The van der Waals surface area contributed by atoms with Gasteiger partial charge in [0.25, 0.3) is 5.91 Å². The summed E-state index contributed by atoms with van der Waals surface area (Å²) in [6, 6.07) is 7.66. The molecule has 0 radical (unpaired) electrons. The van der Waals surface area contributed by atoms with Crippen LogP contribution in [0.4, 0.5) is 0 Å². The highest BCUT2D eigenvalue weighted by Gasteiger charge is 2.27. The molecule has 0 unspecified atom stereocenters. The lowest BCUT2D eigenvalue weighted by molar-refractivity contribution is -0.132. The number of carbonyl (C=O) groups is 2. The number of benzene rings is 1. The highest BCUT2D eigenvalue weighted by atomic mass is 35.5. The van der Waals surface area contributed by atoms with Gasteiger partial charge in [0.05, 0.1) is 0 Å². The molecule has 0 bridgehead atoms. The van der Waals surface area contributed by atoms with Crippen LogP contribution in [-0.4, -0.2) is 48.3 Å². The normalized spacial score (nSPS) is 19.2. The van der Waals surface area contributed by atoms with Crippen molar-refractivity contribution >= 4 is 24.2 Å². The Morgan fingerprint density at radius 2 is 1.80 bits per heavy atom. The first-order valence-corrected chi connectivity index (χ1v) is 8.76. The van der Waals surface area contributed by atoms with E-state index >= 15 is 0 Å². The van der Waals surface area contributed by atoms with Gasteiger partial charge in [0.15, 0.2) is 0 Å². The summed E-state index contributed by atoms with van der Waals surface area (Å²) in [6.45, 7) is 3.25. The summed E-state index contributed by atoms with van der Waals surface area (Å²) in [7, 11) is 3.48. The van der Waals surface area contributed by atoms with Crippen LogP contribution in [0.2, 0.25) is 0 Å². The molecule has 1 saturated carbocycles. The molecule has 140 valence electrons. The maximum Gasteiger partial charge on any atom is 0.253 e. The number of nitrogens with two attached hydrogens (primary N) is 1. The molecule has 2 rings (SSSR count). The van der Waals surface area contributed by atoms with Crippen molar-refractivity contribution in [1.82, 2.24) is 9.80 Å². The molecule has 5 nitrogen and oxygen atoms in total. The summed E-state index contributed by atoms with van der Waals surface area (Å²) in [4.78, 5) is 27.9. The first-order valence-electron chi connectivity index (χ1n) is 8.76. The standard InChI is InChI=1S/C19H29N3O2.ClH/c1-4-22(18(23)12-16-6-5-7-17(16)20)13-14-8-10-15(11-9-14)19(24)21(2)3;/h8-11,16-17H,4-7,12-13,20H2,1-3H3;1H/t16-,17+;/m0./s1. The lowest BCUT2D eigenvalue weighted by atomic mass is 9.99. The van der Waals surface area contributed by atoms with Gasteiger partial charge < -0.3 is 15.5 Å². The van der Waals surface area contributed by atoms with Crippen LogP contribution in [0, 0.1) is 5.92 Å². The summed E-state index contributed by atoms with van der Waals surface area (Å²) in [6.07, 6.45) is 3.77. The Bertz CT molecular complexity index is 575. The van der Waals surface area contributed by atoms with Gasteiger partial charge in [-0.2, -0.15) is 0 Å². The summed E-state index contributed by atoms with van der Waals surface area (Å²) in [5, 5.41) is 0. The Hall–Kier alpha value is -1.59. The number of rotatable bonds is 6. The quantitative estimate of drug-likeness (QED) is 0.840. The Kier molecular flexibility index (Phi) is 8.39. The van der Waals surface area contributed by atoms with E-state index in [4.69, 9.17) is 5.73 Å². The molecule has 1 aliphatic carbocycles. The molecule has 25 heavy (non-hydrogen) atoms. The summed E-state index contributed by atoms with van der Waals surface area (Å²) < 4.78 is 0. The molecular formula is C19H30ClN3O2. The average molecular weight is 368 g/mol. The second-order valence-corrected chi connectivity index (χ2v) is 6.86. The lowest BCUT2D eigenvalue weighted by Gasteiger charge is -2.24. The van der Waals surface area contributed by atoms with Gasteiger partial charge in [0.2, 0.25) is 5.91 Å². The summed E-state index contributed by atoms with van der Waals surface area (Å²) in [5.41, 5.74) is 7.78. The van der Waals surface area contributed by atoms with E-state index in [-0.39, 0.29) is 30.3 Å². The van der Waals surface area contributed by atoms with Gasteiger partial charge in [-0.15, -0.1) is 12.4 Å². The van der Waals surface area contributed by atoms with Crippen LogP contribution in [0.25, 0.3) is 0 Å². The highest BCUT2D eigenvalue weighted by Crippen LogP contribution is 2.27. The largest absolute Gasteiger partial charge is 0.345 e. The van der Waals surface area contributed by atoms with Gasteiger partial charge in [-0.25, -0.2) is 0 Å². The van der Waals surface area contributed by atoms with Gasteiger partial charge in [-0.05, 0) is 43.4 Å². The third-order valence-corrected chi connectivity index (χ3v) is 4.87. The van der Waals surface area contributed by atoms with E-state index in [0.717, 1.165) is 24.8 Å². The molecule has 6 heteroatoms. The van der Waals surface area contributed by atoms with Gasteiger partial charge in [-0.1, -0.05) is 18.6 Å². The van der Waals surface area contributed by atoms with Crippen molar-refractivity contribution in [2.45, 2.75) is 45.2 Å². The van der Waals surface area contributed by atoms with E-state index in [0.29, 0.717) is 31.0 Å². The minimum atomic E-state index is -0.0137. The molecule has 1 aliphatic rings. The zero-order valence-corrected chi connectivity index (χ0v) is 16.2. The van der Waals surface area contributed by atoms with E-state index in [2.05, 4.69) is 0 Å². The smallest absolute Gasteiger partial charge is 0.253 e. The Morgan fingerprint density at radius 1 is 1.16 bits per heavy atom. The van der Waals surface area contributed by atoms with Crippen molar-refractivity contribution in [1.29, 1.82) is 0 Å². The minimum Gasteiger partial charge on any atom is -0.345 e. The minimum absolute atomic E-state index is 0. The fourth-order valence-electron chi connectivity index (χ4n) is 3.28. The maximum absolute atomic E-state index is 12.6. The predicted octanol–water partition coefficient (Wildman–Crippen LogP) is 2.68. The second-order valence-electron chi connectivity index (χ2n) is 6.86. The SMILES string of the molecule is CCN(Cc1ccc(C(=O)N(C)C)cc1)C(=O)C[C@@H]1CCC[C@H]1N.Cl. The number of halogens is 1. The monoisotopic (exact) mass is 367 g/mol. The van der Waals surface area contributed by atoms with Crippen molar-refractivity contribution in [2.24, 2.45) is 11.7 Å². The fraction of sp³-hybridized carbons (Fsp3) is 0.579.